The van der Waals surface area contributed by atoms with Gasteiger partial charge in [-0.05, 0) is 43.5 Å². The number of amides is 2. The smallest absolute Gasteiger partial charge is 0.306 e. The Morgan fingerprint density at radius 3 is 2.32 bits per heavy atom. The monoisotopic (exact) mass is 368 g/mol. The van der Waals surface area contributed by atoms with Crippen LogP contribution in [0.4, 0.5) is 0 Å². The van der Waals surface area contributed by atoms with Crippen LogP contribution in [-0.2, 0) is 14.3 Å². The first-order valence-corrected chi connectivity index (χ1v) is 8.68. The second-order valence-corrected chi connectivity index (χ2v) is 6.57. The lowest BCUT2D eigenvalue weighted by molar-refractivity contribution is -0.154. The van der Waals surface area contributed by atoms with Crippen LogP contribution in [0.2, 0.25) is 5.02 Å². The number of nitrogens with one attached hydrogen (secondary N) is 2. The van der Waals surface area contributed by atoms with Crippen molar-refractivity contribution in [2.75, 3.05) is 13.1 Å². The molecule has 2 amide bonds. The predicted octanol–water partition coefficient (Wildman–Crippen LogP) is 2.55. The highest BCUT2D eigenvalue weighted by molar-refractivity contribution is 6.30. The molecular weight excluding hydrogens is 344 g/mol. The Bertz CT molecular complexity index is 587. The van der Waals surface area contributed by atoms with E-state index in [4.69, 9.17) is 16.3 Å². The molecule has 25 heavy (non-hydrogen) atoms. The van der Waals surface area contributed by atoms with E-state index in [-0.39, 0.29) is 18.2 Å². The van der Waals surface area contributed by atoms with Crippen molar-refractivity contribution in [3.8, 4) is 0 Å². The number of carbonyl (C=O) groups excluding carboxylic acids is 3. The maximum absolute atomic E-state index is 11.9. The minimum Gasteiger partial charge on any atom is -0.453 e. The highest BCUT2D eigenvalue weighted by Gasteiger charge is 2.17. The Labute approximate surface area is 153 Å². The molecule has 0 bridgehead atoms. The number of ether oxygens (including phenoxy) is 1. The maximum Gasteiger partial charge on any atom is 0.306 e. The van der Waals surface area contributed by atoms with E-state index in [0.29, 0.717) is 36.0 Å². The molecule has 138 valence electrons. The second-order valence-electron chi connectivity index (χ2n) is 6.14. The van der Waals surface area contributed by atoms with Gasteiger partial charge in [0.05, 0.1) is 0 Å². The van der Waals surface area contributed by atoms with Crippen molar-refractivity contribution in [2.45, 2.75) is 39.7 Å². The Kier molecular flexibility index (Phi) is 8.99. The van der Waals surface area contributed by atoms with E-state index >= 15 is 0 Å². The largest absolute Gasteiger partial charge is 0.453 e. The van der Waals surface area contributed by atoms with Gasteiger partial charge in [-0.15, -0.1) is 0 Å². The molecule has 2 N–H and O–H groups in total. The van der Waals surface area contributed by atoms with Gasteiger partial charge in [-0.25, -0.2) is 0 Å². The van der Waals surface area contributed by atoms with E-state index in [0.717, 1.165) is 0 Å². The summed E-state index contributed by atoms with van der Waals surface area (Å²) in [6.45, 7) is 6.38. The lowest BCUT2D eigenvalue weighted by Crippen LogP contribution is -2.37. The highest BCUT2D eigenvalue weighted by Crippen LogP contribution is 2.09. The van der Waals surface area contributed by atoms with Crippen molar-refractivity contribution in [2.24, 2.45) is 5.92 Å². The third-order valence-corrected chi connectivity index (χ3v) is 3.56. The van der Waals surface area contributed by atoms with Crippen LogP contribution in [0.5, 0.6) is 0 Å². The maximum atomic E-state index is 11.9. The number of carbonyl (C=O) groups is 3. The molecule has 6 nitrogen and oxygen atoms in total. The molecule has 0 aliphatic heterocycles. The molecule has 0 radical (unpaired) electrons. The Morgan fingerprint density at radius 1 is 1.08 bits per heavy atom. The summed E-state index contributed by atoms with van der Waals surface area (Å²) >= 11 is 5.77. The van der Waals surface area contributed by atoms with Crippen molar-refractivity contribution in [1.29, 1.82) is 0 Å². The standard InChI is InChI=1S/C18H25ClN2O4/c1-12(2)11-21-17(23)13(3)25-16(22)5-4-10-20-18(24)14-6-8-15(19)9-7-14/h6-9,12-13H,4-5,10-11H2,1-3H3,(H,20,24)(H,21,23). The molecule has 0 aromatic heterocycles. The Balaban J connectivity index is 2.22. The fourth-order valence-corrected chi connectivity index (χ4v) is 2.02. The number of hydrogen-bond acceptors (Lipinski definition) is 4. The average Bonchev–Trinajstić information content (AvgIpc) is 2.56. The van der Waals surface area contributed by atoms with Gasteiger partial charge in [-0.3, -0.25) is 14.4 Å². The molecule has 0 heterocycles. The third-order valence-electron chi connectivity index (χ3n) is 3.31. The SMILES string of the molecule is CC(C)CNC(=O)C(C)OC(=O)CCCNC(=O)c1ccc(Cl)cc1. The zero-order valence-electron chi connectivity index (χ0n) is 14.8. The molecule has 0 spiro atoms. The van der Waals surface area contributed by atoms with E-state index in [2.05, 4.69) is 10.6 Å². The van der Waals surface area contributed by atoms with Crippen LogP contribution in [-0.4, -0.2) is 37.0 Å². The Hall–Kier alpha value is -2.08. The van der Waals surface area contributed by atoms with Crippen molar-refractivity contribution < 1.29 is 19.1 Å². The van der Waals surface area contributed by atoms with Crippen LogP contribution in [0, 0.1) is 5.92 Å². The van der Waals surface area contributed by atoms with Gasteiger partial charge < -0.3 is 15.4 Å². The lowest BCUT2D eigenvalue weighted by Gasteiger charge is -2.14. The summed E-state index contributed by atoms with van der Waals surface area (Å²) < 4.78 is 5.07. The second kappa shape index (κ2) is 10.7. The van der Waals surface area contributed by atoms with E-state index in [1.807, 2.05) is 13.8 Å². The van der Waals surface area contributed by atoms with Crippen molar-refractivity contribution in [1.82, 2.24) is 10.6 Å². The molecule has 0 aliphatic rings. The van der Waals surface area contributed by atoms with Crippen LogP contribution < -0.4 is 10.6 Å². The molecule has 0 aliphatic carbocycles. The number of rotatable bonds is 9. The zero-order valence-corrected chi connectivity index (χ0v) is 15.6. The zero-order chi connectivity index (χ0) is 18.8. The van der Waals surface area contributed by atoms with Crippen molar-refractivity contribution in [3.63, 3.8) is 0 Å². The summed E-state index contributed by atoms with van der Waals surface area (Å²) in [4.78, 5) is 35.3. The topological polar surface area (TPSA) is 84.5 Å². The van der Waals surface area contributed by atoms with Gasteiger partial charge in [0.25, 0.3) is 11.8 Å². The minimum atomic E-state index is -0.824. The minimum absolute atomic E-state index is 0.128. The van der Waals surface area contributed by atoms with Gasteiger partial charge in [0.2, 0.25) is 0 Å². The molecule has 0 saturated heterocycles. The first-order chi connectivity index (χ1) is 11.8. The number of esters is 1. The van der Waals surface area contributed by atoms with E-state index in [1.54, 1.807) is 24.3 Å². The molecule has 0 saturated carbocycles. The van der Waals surface area contributed by atoms with Gasteiger partial charge in [-0.2, -0.15) is 0 Å². The number of benzene rings is 1. The van der Waals surface area contributed by atoms with Crippen LogP contribution >= 0.6 is 11.6 Å². The summed E-state index contributed by atoms with van der Waals surface area (Å²) in [5.41, 5.74) is 0.502. The molecule has 7 heteroatoms. The van der Waals surface area contributed by atoms with Crippen molar-refractivity contribution in [3.05, 3.63) is 34.9 Å². The van der Waals surface area contributed by atoms with Crippen LogP contribution in [0.3, 0.4) is 0 Å². The van der Waals surface area contributed by atoms with E-state index in [1.165, 1.54) is 6.92 Å². The quantitative estimate of drug-likeness (QED) is 0.518. The fourth-order valence-electron chi connectivity index (χ4n) is 1.90. The summed E-state index contributed by atoms with van der Waals surface area (Å²) in [5.74, 6) is -0.673. The summed E-state index contributed by atoms with van der Waals surface area (Å²) in [5, 5.41) is 5.98. The van der Waals surface area contributed by atoms with E-state index in [9.17, 15) is 14.4 Å². The van der Waals surface area contributed by atoms with Gasteiger partial charge in [0.1, 0.15) is 0 Å². The van der Waals surface area contributed by atoms with Crippen LogP contribution in [0.1, 0.15) is 44.0 Å². The molecule has 1 aromatic rings. The number of hydrogen-bond donors (Lipinski definition) is 2. The summed E-state index contributed by atoms with van der Waals surface area (Å²) in [6.07, 6.45) is -0.267. The Morgan fingerprint density at radius 2 is 1.72 bits per heavy atom. The fraction of sp³-hybridized carbons (Fsp3) is 0.500. The third kappa shape index (κ3) is 8.54. The average molecular weight is 369 g/mol. The normalized spacial score (nSPS) is 11.7. The molecule has 0 fully saturated rings. The van der Waals surface area contributed by atoms with Crippen LogP contribution in [0.15, 0.2) is 24.3 Å². The van der Waals surface area contributed by atoms with Crippen LogP contribution in [0.25, 0.3) is 0 Å². The number of halogens is 1. The van der Waals surface area contributed by atoms with Gasteiger partial charge in [0, 0.05) is 30.1 Å². The predicted molar refractivity (Wildman–Crippen MR) is 96.4 cm³/mol. The van der Waals surface area contributed by atoms with Crippen molar-refractivity contribution >= 4 is 29.4 Å². The van der Waals surface area contributed by atoms with Gasteiger partial charge >= 0.3 is 5.97 Å². The molecular formula is C18H25ClN2O4. The summed E-state index contributed by atoms with van der Waals surface area (Å²) in [7, 11) is 0. The molecule has 1 atom stereocenters. The first-order valence-electron chi connectivity index (χ1n) is 8.30. The highest BCUT2D eigenvalue weighted by atomic mass is 35.5. The molecule has 1 aromatic carbocycles. The van der Waals surface area contributed by atoms with Gasteiger partial charge in [-0.1, -0.05) is 25.4 Å². The molecule has 1 unspecified atom stereocenters. The summed E-state index contributed by atoms with van der Waals surface area (Å²) in [6, 6.07) is 6.53. The molecule has 1 rings (SSSR count). The first kappa shape index (κ1) is 21.0. The van der Waals surface area contributed by atoms with E-state index < -0.39 is 12.1 Å². The van der Waals surface area contributed by atoms with Gasteiger partial charge in [0.15, 0.2) is 6.10 Å². The lowest BCUT2D eigenvalue weighted by atomic mass is 10.2.